The van der Waals surface area contributed by atoms with E-state index in [9.17, 15) is 0 Å². The summed E-state index contributed by atoms with van der Waals surface area (Å²) in [6.45, 7) is 3.76. The van der Waals surface area contributed by atoms with Crippen molar-refractivity contribution in [3.8, 4) is 0 Å². The molecule has 4 N–H and O–H groups in total. The van der Waals surface area contributed by atoms with E-state index in [4.69, 9.17) is 16.2 Å². The molecule has 0 bridgehead atoms. The van der Waals surface area contributed by atoms with Gasteiger partial charge in [-0.1, -0.05) is 0 Å². The number of ether oxygens (including phenoxy) is 1. The molecule has 1 rings (SSSR count). The molecule has 3 heteroatoms. The van der Waals surface area contributed by atoms with E-state index in [0.717, 1.165) is 32.5 Å². The van der Waals surface area contributed by atoms with Crippen molar-refractivity contribution < 1.29 is 4.74 Å². The van der Waals surface area contributed by atoms with Gasteiger partial charge in [0.25, 0.3) is 0 Å². The summed E-state index contributed by atoms with van der Waals surface area (Å²) in [7, 11) is 0. The van der Waals surface area contributed by atoms with Crippen molar-refractivity contribution in [1.29, 1.82) is 0 Å². The van der Waals surface area contributed by atoms with Gasteiger partial charge in [0.2, 0.25) is 0 Å². The minimum atomic E-state index is 0.225. The van der Waals surface area contributed by atoms with Gasteiger partial charge in [-0.3, -0.25) is 0 Å². The van der Waals surface area contributed by atoms with Gasteiger partial charge in [-0.25, -0.2) is 0 Å². The van der Waals surface area contributed by atoms with E-state index in [2.05, 4.69) is 0 Å². The molecule has 1 aliphatic heterocycles. The highest BCUT2D eigenvalue weighted by Gasteiger charge is 2.21. The molecule has 1 heterocycles. The summed E-state index contributed by atoms with van der Waals surface area (Å²) in [6.07, 6.45) is 3.15. The molecule has 12 heavy (non-hydrogen) atoms. The Morgan fingerprint density at radius 2 is 1.92 bits per heavy atom. The fourth-order valence-corrected chi connectivity index (χ4v) is 1.77. The first-order chi connectivity index (χ1) is 5.70. The molecule has 2 atom stereocenters. The summed E-state index contributed by atoms with van der Waals surface area (Å²) in [4.78, 5) is 0. The topological polar surface area (TPSA) is 61.3 Å². The predicted molar refractivity (Wildman–Crippen MR) is 49.8 cm³/mol. The van der Waals surface area contributed by atoms with Crippen LogP contribution in [0.5, 0.6) is 0 Å². The van der Waals surface area contributed by atoms with Crippen molar-refractivity contribution in [2.24, 2.45) is 17.4 Å². The molecule has 3 nitrogen and oxygen atoms in total. The summed E-state index contributed by atoms with van der Waals surface area (Å²) < 4.78 is 5.27. The van der Waals surface area contributed by atoms with Crippen molar-refractivity contribution in [1.82, 2.24) is 0 Å². The molecular formula is C9H20N2O. The Morgan fingerprint density at radius 3 is 2.42 bits per heavy atom. The van der Waals surface area contributed by atoms with E-state index in [-0.39, 0.29) is 12.1 Å². The van der Waals surface area contributed by atoms with Crippen molar-refractivity contribution in [3.05, 3.63) is 0 Å². The van der Waals surface area contributed by atoms with Crippen LogP contribution in [0.25, 0.3) is 0 Å². The highest BCUT2D eigenvalue weighted by Crippen LogP contribution is 2.19. The van der Waals surface area contributed by atoms with Crippen molar-refractivity contribution in [2.75, 3.05) is 13.2 Å². The molecular weight excluding hydrogens is 152 g/mol. The number of rotatable bonds is 3. The zero-order chi connectivity index (χ0) is 8.97. The zero-order valence-corrected chi connectivity index (χ0v) is 7.83. The van der Waals surface area contributed by atoms with Crippen LogP contribution in [0.2, 0.25) is 0 Å². The molecule has 1 saturated heterocycles. The predicted octanol–water partition coefficient (Wildman–Crippen LogP) is 0.478. The van der Waals surface area contributed by atoms with Crippen LogP contribution in [0, 0.1) is 5.92 Å². The molecule has 0 amide bonds. The molecule has 0 spiro atoms. The summed E-state index contributed by atoms with van der Waals surface area (Å²) in [6, 6.07) is 0.497. The first-order valence-electron chi connectivity index (χ1n) is 4.79. The molecule has 1 fully saturated rings. The minimum absolute atomic E-state index is 0.225. The normalized spacial score (nSPS) is 25.2. The Bertz CT molecular complexity index is 122. The first kappa shape index (κ1) is 9.96. The molecule has 72 valence electrons. The lowest BCUT2D eigenvalue weighted by Gasteiger charge is -2.28. The molecule has 0 radical (unpaired) electrons. The van der Waals surface area contributed by atoms with E-state index in [1.807, 2.05) is 6.92 Å². The van der Waals surface area contributed by atoms with E-state index < -0.39 is 0 Å². The monoisotopic (exact) mass is 172 g/mol. The fourth-order valence-electron chi connectivity index (χ4n) is 1.77. The zero-order valence-electron chi connectivity index (χ0n) is 7.83. The first-order valence-corrected chi connectivity index (χ1v) is 4.79. The van der Waals surface area contributed by atoms with Crippen LogP contribution in [-0.2, 0) is 4.74 Å². The average Bonchev–Trinajstić information content (AvgIpc) is 2.05. The van der Waals surface area contributed by atoms with Crippen molar-refractivity contribution in [2.45, 2.75) is 38.3 Å². The quantitative estimate of drug-likeness (QED) is 0.651. The van der Waals surface area contributed by atoms with Gasteiger partial charge in [0.15, 0.2) is 0 Å². The SMILES string of the molecule is CC(N)CC(N)C1CCOCC1. The lowest BCUT2D eigenvalue weighted by Crippen LogP contribution is -2.38. The maximum Gasteiger partial charge on any atom is 0.0469 e. The Labute approximate surface area is 74.4 Å². The standard InChI is InChI=1S/C9H20N2O/c1-7(10)6-9(11)8-2-4-12-5-3-8/h7-9H,2-6,10-11H2,1H3. The Hall–Kier alpha value is -0.120. The van der Waals surface area contributed by atoms with Gasteiger partial charge < -0.3 is 16.2 Å². The van der Waals surface area contributed by atoms with Crippen LogP contribution >= 0.6 is 0 Å². The lowest BCUT2D eigenvalue weighted by atomic mass is 9.89. The maximum atomic E-state index is 6.01. The Morgan fingerprint density at radius 1 is 1.33 bits per heavy atom. The van der Waals surface area contributed by atoms with Gasteiger partial charge in [0.05, 0.1) is 0 Å². The smallest absolute Gasteiger partial charge is 0.0469 e. The van der Waals surface area contributed by atoms with Crippen LogP contribution < -0.4 is 11.5 Å². The number of hydrogen-bond acceptors (Lipinski definition) is 3. The highest BCUT2D eigenvalue weighted by atomic mass is 16.5. The molecule has 0 aromatic rings. The third kappa shape index (κ3) is 3.09. The second-order valence-electron chi connectivity index (χ2n) is 3.83. The maximum absolute atomic E-state index is 6.01. The number of nitrogens with two attached hydrogens (primary N) is 2. The van der Waals surface area contributed by atoms with Crippen LogP contribution in [0.1, 0.15) is 26.2 Å². The van der Waals surface area contributed by atoms with Crippen molar-refractivity contribution >= 4 is 0 Å². The number of hydrogen-bond donors (Lipinski definition) is 2. The molecule has 0 saturated carbocycles. The van der Waals surface area contributed by atoms with E-state index in [1.165, 1.54) is 0 Å². The Balaban J connectivity index is 2.24. The highest BCUT2D eigenvalue weighted by molar-refractivity contribution is 4.77. The van der Waals surface area contributed by atoms with Gasteiger partial charge in [-0.2, -0.15) is 0 Å². The average molecular weight is 172 g/mol. The van der Waals surface area contributed by atoms with E-state index in [1.54, 1.807) is 0 Å². The van der Waals surface area contributed by atoms with E-state index in [0.29, 0.717) is 5.92 Å². The largest absolute Gasteiger partial charge is 0.381 e. The molecule has 0 aromatic heterocycles. The van der Waals surface area contributed by atoms with E-state index >= 15 is 0 Å². The van der Waals surface area contributed by atoms with Gasteiger partial charge in [0, 0.05) is 25.3 Å². The summed E-state index contributed by atoms with van der Waals surface area (Å²) in [5.41, 5.74) is 11.7. The van der Waals surface area contributed by atoms with Crippen LogP contribution in [0.4, 0.5) is 0 Å². The minimum Gasteiger partial charge on any atom is -0.381 e. The third-order valence-electron chi connectivity index (χ3n) is 2.52. The van der Waals surface area contributed by atoms with Crippen LogP contribution in [0.3, 0.4) is 0 Å². The van der Waals surface area contributed by atoms with Gasteiger partial charge >= 0.3 is 0 Å². The molecule has 1 aliphatic rings. The molecule has 2 unspecified atom stereocenters. The van der Waals surface area contributed by atoms with Gasteiger partial charge in [0.1, 0.15) is 0 Å². The molecule has 0 aromatic carbocycles. The third-order valence-corrected chi connectivity index (χ3v) is 2.52. The summed E-state index contributed by atoms with van der Waals surface area (Å²) in [5.74, 6) is 0.629. The summed E-state index contributed by atoms with van der Waals surface area (Å²) in [5, 5.41) is 0. The lowest BCUT2D eigenvalue weighted by molar-refractivity contribution is 0.0569. The molecule has 0 aliphatic carbocycles. The van der Waals surface area contributed by atoms with Crippen LogP contribution in [0.15, 0.2) is 0 Å². The second kappa shape index (κ2) is 4.80. The van der Waals surface area contributed by atoms with Crippen molar-refractivity contribution in [3.63, 3.8) is 0 Å². The summed E-state index contributed by atoms with van der Waals surface area (Å²) >= 11 is 0. The van der Waals surface area contributed by atoms with Gasteiger partial charge in [-0.15, -0.1) is 0 Å². The van der Waals surface area contributed by atoms with Gasteiger partial charge in [-0.05, 0) is 32.1 Å². The second-order valence-corrected chi connectivity index (χ2v) is 3.83. The fraction of sp³-hybridized carbons (Fsp3) is 1.00. The Kier molecular flexibility index (Phi) is 3.98. The van der Waals surface area contributed by atoms with Crippen LogP contribution in [-0.4, -0.2) is 25.3 Å².